The molecular weight excluding hydrogens is 360 g/mol. The van der Waals surface area contributed by atoms with E-state index in [-0.39, 0.29) is 6.17 Å². The van der Waals surface area contributed by atoms with Crippen LogP contribution in [-0.2, 0) is 0 Å². The van der Waals surface area contributed by atoms with Gasteiger partial charge in [0.25, 0.3) is 0 Å². The van der Waals surface area contributed by atoms with Crippen LogP contribution >= 0.6 is 0 Å². The van der Waals surface area contributed by atoms with Gasteiger partial charge in [-0.15, -0.1) is 0 Å². The fourth-order valence-corrected chi connectivity index (χ4v) is 4.35. The summed E-state index contributed by atoms with van der Waals surface area (Å²) in [6.45, 7) is 2.11. The maximum Gasteiger partial charge on any atom is 0.161 e. The van der Waals surface area contributed by atoms with Gasteiger partial charge < -0.3 is 9.47 Å². The minimum absolute atomic E-state index is 0.0266. The quantitative estimate of drug-likeness (QED) is 0.584. The van der Waals surface area contributed by atoms with E-state index in [1.165, 1.54) is 22.4 Å². The number of benzene rings is 3. The number of rotatable bonds is 5. The SMILES string of the molecule is COc1ccc(C2N=C(c3ccc(C)cc3)C3C(c4ccccc4)N23)cc1OC. The van der Waals surface area contributed by atoms with E-state index in [1.54, 1.807) is 14.2 Å². The predicted molar refractivity (Wildman–Crippen MR) is 115 cm³/mol. The maximum absolute atomic E-state index is 5.53. The first-order chi connectivity index (χ1) is 14.2. The molecule has 4 nitrogen and oxygen atoms in total. The van der Waals surface area contributed by atoms with Gasteiger partial charge in [-0.3, -0.25) is 9.89 Å². The molecule has 0 N–H and O–H groups in total. The van der Waals surface area contributed by atoms with E-state index >= 15 is 0 Å². The van der Waals surface area contributed by atoms with Gasteiger partial charge in [0.05, 0.1) is 32.0 Å². The molecule has 2 aliphatic heterocycles. The molecular formula is C25H24N2O2. The Kier molecular flexibility index (Phi) is 4.36. The molecule has 4 heteroatoms. The molecule has 0 amide bonds. The van der Waals surface area contributed by atoms with Gasteiger partial charge in [-0.2, -0.15) is 0 Å². The van der Waals surface area contributed by atoms with Crippen LogP contribution in [-0.4, -0.2) is 30.9 Å². The first-order valence-electron chi connectivity index (χ1n) is 9.90. The molecule has 4 unspecified atom stereocenters. The predicted octanol–water partition coefficient (Wildman–Crippen LogP) is 4.94. The molecule has 0 aliphatic carbocycles. The van der Waals surface area contributed by atoms with Crippen molar-refractivity contribution in [2.75, 3.05) is 14.2 Å². The van der Waals surface area contributed by atoms with Crippen molar-refractivity contribution in [1.29, 1.82) is 0 Å². The molecule has 3 aromatic carbocycles. The van der Waals surface area contributed by atoms with E-state index in [0.29, 0.717) is 12.1 Å². The summed E-state index contributed by atoms with van der Waals surface area (Å²) in [5.74, 6) is 1.47. The summed E-state index contributed by atoms with van der Waals surface area (Å²) in [5, 5.41) is 0. The summed E-state index contributed by atoms with van der Waals surface area (Å²) in [7, 11) is 3.33. The summed E-state index contributed by atoms with van der Waals surface area (Å²) < 4.78 is 10.9. The van der Waals surface area contributed by atoms with E-state index in [9.17, 15) is 0 Å². The highest BCUT2D eigenvalue weighted by molar-refractivity contribution is 6.08. The Bertz CT molecular complexity index is 1060. The summed E-state index contributed by atoms with van der Waals surface area (Å²) in [6.07, 6.45) is -0.0266. The highest BCUT2D eigenvalue weighted by atomic mass is 16.5. The minimum Gasteiger partial charge on any atom is -0.493 e. The van der Waals surface area contributed by atoms with Gasteiger partial charge >= 0.3 is 0 Å². The van der Waals surface area contributed by atoms with Crippen LogP contribution in [0.3, 0.4) is 0 Å². The van der Waals surface area contributed by atoms with Crippen molar-refractivity contribution >= 4 is 5.71 Å². The molecule has 1 fully saturated rings. The zero-order valence-electron chi connectivity index (χ0n) is 16.9. The van der Waals surface area contributed by atoms with Gasteiger partial charge in [-0.05, 0) is 35.7 Å². The Labute approximate surface area is 171 Å². The molecule has 0 aromatic heterocycles. The van der Waals surface area contributed by atoms with Crippen LogP contribution in [0.25, 0.3) is 0 Å². The molecule has 4 atom stereocenters. The van der Waals surface area contributed by atoms with Crippen LogP contribution in [0.4, 0.5) is 0 Å². The number of aryl methyl sites for hydroxylation is 1. The fraction of sp³-hybridized carbons (Fsp3) is 0.240. The maximum atomic E-state index is 5.53. The van der Waals surface area contributed by atoms with Crippen LogP contribution in [0.1, 0.15) is 34.5 Å². The second kappa shape index (κ2) is 7.05. The summed E-state index contributed by atoms with van der Waals surface area (Å²) >= 11 is 0. The summed E-state index contributed by atoms with van der Waals surface area (Å²) in [6, 6.07) is 26.1. The van der Waals surface area contributed by atoms with E-state index in [2.05, 4.69) is 72.5 Å². The van der Waals surface area contributed by atoms with Crippen LogP contribution in [0, 0.1) is 6.92 Å². The van der Waals surface area contributed by atoms with Gasteiger partial charge in [0, 0.05) is 0 Å². The third-order valence-electron chi connectivity index (χ3n) is 5.87. The summed E-state index contributed by atoms with van der Waals surface area (Å²) in [5.41, 5.74) is 6.08. The number of ether oxygens (including phenoxy) is 2. The van der Waals surface area contributed by atoms with Crippen molar-refractivity contribution in [2.45, 2.75) is 25.2 Å². The second-order valence-electron chi connectivity index (χ2n) is 7.62. The van der Waals surface area contributed by atoms with Crippen molar-refractivity contribution in [3.63, 3.8) is 0 Å². The van der Waals surface area contributed by atoms with E-state index in [4.69, 9.17) is 14.5 Å². The molecule has 0 spiro atoms. The first kappa shape index (κ1) is 18.0. The third-order valence-corrected chi connectivity index (χ3v) is 5.87. The number of fused-ring (bicyclic) bond motifs is 1. The van der Waals surface area contributed by atoms with Gasteiger partial charge in [-0.25, -0.2) is 0 Å². The smallest absolute Gasteiger partial charge is 0.161 e. The molecule has 2 aliphatic rings. The molecule has 3 aromatic rings. The van der Waals surface area contributed by atoms with Gasteiger partial charge in [0.2, 0.25) is 0 Å². The zero-order chi connectivity index (χ0) is 20.0. The Morgan fingerprint density at radius 2 is 1.48 bits per heavy atom. The standard InChI is InChI=1S/C25H24N2O2/c1-16-9-11-17(12-10-16)22-24-23(18-7-5-4-6-8-18)27(24)25(26-22)19-13-14-20(28-2)21(15-19)29-3/h4-15,23-25H,1-3H3. The normalized spacial score (nSPS) is 24.6. The van der Waals surface area contributed by atoms with E-state index < -0.39 is 0 Å². The van der Waals surface area contributed by atoms with Gasteiger partial charge in [0.15, 0.2) is 11.5 Å². The highest BCUT2D eigenvalue weighted by Crippen LogP contribution is 2.56. The number of nitrogens with zero attached hydrogens (tertiary/aromatic N) is 2. The van der Waals surface area contributed by atoms with Gasteiger partial charge in [-0.1, -0.05) is 66.2 Å². The first-order valence-corrected chi connectivity index (χ1v) is 9.90. The molecule has 1 saturated heterocycles. The van der Waals surface area contributed by atoms with Crippen molar-refractivity contribution in [2.24, 2.45) is 4.99 Å². The molecule has 0 radical (unpaired) electrons. The van der Waals surface area contributed by atoms with E-state index in [0.717, 1.165) is 17.1 Å². The average Bonchev–Trinajstić information content (AvgIpc) is 3.38. The number of aliphatic imine (C=N–C) groups is 1. The topological polar surface area (TPSA) is 33.8 Å². The summed E-state index contributed by atoms with van der Waals surface area (Å²) in [4.78, 5) is 7.62. The van der Waals surface area contributed by atoms with Crippen LogP contribution < -0.4 is 9.47 Å². The Hall–Kier alpha value is -3.11. The van der Waals surface area contributed by atoms with Crippen molar-refractivity contribution in [3.05, 3.63) is 95.1 Å². The Balaban J connectivity index is 1.57. The lowest BCUT2D eigenvalue weighted by atomic mass is 10.0. The molecule has 146 valence electrons. The lowest BCUT2D eigenvalue weighted by molar-refractivity contribution is 0.351. The molecule has 29 heavy (non-hydrogen) atoms. The number of hydrogen-bond donors (Lipinski definition) is 0. The zero-order valence-corrected chi connectivity index (χ0v) is 16.9. The Morgan fingerprint density at radius 3 is 2.17 bits per heavy atom. The number of methoxy groups -OCH3 is 2. The largest absolute Gasteiger partial charge is 0.493 e. The third kappa shape index (κ3) is 3.00. The number of hydrogen-bond acceptors (Lipinski definition) is 4. The van der Waals surface area contributed by atoms with Crippen molar-refractivity contribution in [1.82, 2.24) is 4.90 Å². The highest BCUT2D eigenvalue weighted by Gasteiger charge is 2.59. The lowest BCUT2D eigenvalue weighted by Gasteiger charge is -2.16. The second-order valence-corrected chi connectivity index (χ2v) is 7.62. The van der Waals surface area contributed by atoms with Crippen LogP contribution in [0.5, 0.6) is 11.5 Å². The minimum atomic E-state index is -0.0266. The van der Waals surface area contributed by atoms with E-state index in [1.807, 2.05) is 12.1 Å². The Morgan fingerprint density at radius 1 is 0.759 bits per heavy atom. The van der Waals surface area contributed by atoms with Gasteiger partial charge in [0.1, 0.15) is 6.17 Å². The molecule has 5 rings (SSSR count). The van der Waals surface area contributed by atoms with Crippen molar-refractivity contribution < 1.29 is 9.47 Å². The average molecular weight is 384 g/mol. The molecule has 0 bridgehead atoms. The molecule has 2 heterocycles. The van der Waals surface area contributed by atoms with Crippen LogP contribution in [0.15, 0.2) is 77.8 Å². The monoisotopic (exact) mass is 384 g/mol. The fourth-order valence-electron chi connectivity index (χ4n) is 4.35. The molecule has 0 saturated carbocycles. The lowest BCUT2D eigenvalue weighted by Crippen LogP contribution is -2.08. The van der Waals surface area contributed by atoms with Crippen LogP contribution in [0.2, 0.25) is 0 Å². The van der Waals surface area contributed by atoms with Crippen molar-refractivity contribution in [3.8, 4) is 11.5 Å².